The van der Waals surface area contributed by atoms with Gasteiger partial charge in [0.1, 0.15) is 11.6 Å². The van der Waals surface area contributed by atoms with E-state index in [9.17, 15) is 8.78 Å². The Balaban J connectivity index is 0.00000103. The van der Waals surface area contributed by atoms with E-state index in [1.165, 1.54) is 18.6 Å². The highest BCUT2D eigenvalue weighted by atomic mass is 35.5. The third-order valence-corrected chi connectivity index (χ3v) is 6.88. The summed E-state index contributed by atoms with van der Waals surface area (Å²) >= 11 is 13.8. The van der Waals surface area contributed by atoms with Crippen LogP contribution in [0.1, 0.15) is 44.4 Å². The Morgan fingerprint density at radius 3 is 1.71 bits per heavy atom. The van der Waals surface area contributed by atoms with Gasteiger partial charge in [0, 0.05) is 35.0 Å². The lowest BCUT2D eigenvalue weighted by molar-refractivity contribution is 0.117. The first-order valence-corrected chi connectivity index (χ1v) is 13.2. The maximum atomic E-state index is 13.8. The van der Waals surface area contributed by atoms with Gasteiger partial charge in [0.15, 0.2) is 0 Å². The van der Waals surface area contributed by atoms with Crippen LogP contribution in [-0.2, 0) is 0 Å². The standard InChI is InChI=1S/C24H22Cl2F2N2S.C3H8/c1-2-31-30(22-12-20(27)11-21(28)13-22)23-14-29(15-23)24(16-3-7-18(25)8-4-16)17-5-9-19(26)10-6-17;1-3-2/h3-13,23-24H,2,14-15H2,1H3;3H2,1-2H3. The Morgan fingerprint density at radius 2 is 1.29 bits per heavy atom. The fourth-order valence-corrected chi connectivity index (χ4v) is 5.08. The van der Waals surface area contributed by atoms with Crippen LogP contribution in [0.5, 0.6) is 0 Å². The monoisotopic (exact) mass is 522 g/mol. The van der Waals surface area contributed by atoms with Crippen LogP contribution in [0.15, 0.2) is 66.7 Å². The molecule has 0 N–H and O–H groups in total. The van der Waals surface area contributed by atoms with Crippen LogP contribution in [0, 0.1) is 11.6 Å². The molecule has 0 saturated carbocycles. The zero-order valence-corrected chi connectivity index (χ0v) is 22.0. The van der Waals surface area contributed by atoms with Gasteiger partial charge >= 0.3 is 0 Å². The second-order valence-corrected chi connectivity index (χ2v) is 10.3. The molecule has 3 aromatic rings. The average molecular weight is 524 g/mol. The molecule has 7 heteroatoms. The smallest absolute Gasteiger partial charge is 0.128 e. The third kappa shape index (κ3) is 6.88. The number of rotatable bonds is 7. The highest BCUT2D eigenvalue weighted by Crippen LogP contribution is 2.38. The first-order valence-electron chi connectivity index (χ1n) is 11.5. The number of benzene rings is 3. The predicted octanol–water partition coefficient (Wildman–Crippen LogP) is 8.64. The Kier molecular flexibility index (Phi) is 10.1. The molecule has 182 valence electrons. The summed E-state index contributed by atoms with van der Waals surface area (Å²) in [5.74, 6) is -0.312. The zero-order valence-electron chi connectivity index (χ0n) is 19.6. The van der Waals surface area contributed by atoms with Gasteiger partial charge in [-0.25, -0.2) is 8.78 Å². The van der Waals surface area contributed by atoms with Crippen LogP contribution < -0.4 is 4.31 Å². The van der Waals surface area contributed by atoms with Crippen LogP contribution in [0.4, 0.5) is 14.5 Å². The van der Waals surface area contributed by atoms with E-state index in [1.54, 1.807) is 11.9 Å². The Morgan fingerprint density at radius 1 is 0.853 bits per heavy atom. The first kappa shape index (κ1) is 26.8. The molecule has 1 saturated heterocycles. The van der Waals surface area contributed by atoms with Crippen molar-refractivity contribution < 1.29 is 8.78 Å². The molecule has 4 rings (SSSR count). The molecule has 0 aromatic heterocycles. The molecule has 0 spiro atoms. The van der Waals surface area contributed by atoms with Gasteiger partial charge in [-0.2, -0.15) is 0 Å². The van der Waals surface area contributed by atoms with E-state index in [2.05, 4.69) is 18.7 Å². The number of hydrogen-bond donors (Lipinski definition) is 0. The van der Waals surface area contributed by atoms with Crippen molar-refractivity contribution in [1.29, 1.82) is 0 Å². The second-order valence-electron chi connectivity index (χ2n) is 8.19. The fourth-order valence-electron chi connectivity index (χ4n) is 3.95. The topological polar surface area (TPSA) is 6.48 Å². The summed E-state index contributed by atoms with van der Waals surface area (Å²) in [6.45, 7) is 7.82. The Bertz CT molecular complexity index is 976. The summed E-state index contributed by atoms with van der Waals surface area (Å²) in [7, 11) is 0. The van der Waals surface area contributed by atoms with E-state index < -0.39 is 11.6 Å². The highest BCUT2D eigenvalue weighted by molar-refractivity contribution is 8.00. The molecule has 3 aromatic carbocycles. The van der Waals surface area contributed by atoms with Gasteiger partial charge in [0.2, 0.25) is 0 Å². The summed E-state index contributed by atoms with van der Waals surface area (Å²) in [4.78, 5) is 2.36. The fraction of sp³-hybridized carbons (Fsp3) is 0.333. The van der Waals surface area contributed by atoms with Crippen LogP contribution in [0.2, 0.25) is 10.0 Å². The highest BCUT2D eigenvalue weighted by Gasteiger charge is 2.38. The van der Waals surface area contributed by atoms with Crippen molar-refractivity contribution in [2.45, 2.75) is 39.3 Å². The Hall–Kier alpha value is -1.79. The minimum absolute atomic E-state index is 0.0449. The van der Waals surface area contributed by atoms with Gasteiger partial charge in [-0.3, -0.25) is 4.90 Å². The van der Waals surface area contributed by atoms with Gasteiger partial charge in [-0.1, -0.05) is 74.7 Å². The normalized spacial score (nSPS) is 13.9. The van der Waals surface area contributed by atoms with Gasteiger partial charge < -0.3 is 4.31 Å². The van der Waals surface area contributed by atoms with Crippen LogP contribution in [0.25, 0.3) is 0 Å². The van der Waals surface area contributed by atoms with Crippen molar-refractivity contribution in [2.24, 2.45) is 0 Å². The van der Waals surface area contributed by atoms with Gasteiger partial charge in [-0.15, -0.1) is 0 Å². The van der Waals surface area contributed by atoms with E-state index in [-0.39, 0.29) is 12.1 Å². The van der Waals surface area contributed by atoms with Crippen molar-refractivity contribution in [3.63, 3.8) is 0 Å². The number of halogens is 4. The molecule has 1 fully saturated rings. The van der Waals surface area contributed by atoms with Crippen molar-refractivity contribution in [3.05, 3.63) is 99.5 Å². The largest absolute Gasteiger partial charge is 0.310 e. The number of likely N-dealkylation sites (tertiary alicyclic amines) is 1. The molecular weight excluding hydrogens is 493 g/mol. The molecule has 0 amide bonds. The Labute approximate surface area is 216 Å². The van der Waals surface area contributed by atoms with E-state index in [4.69, 9.17) is 23.2 Å². The lowest BCUT2D eigenvalue weighted by atomic mass is 9.93. The van der Waals surface area contributed by atoms with Gasteiger partial charge in [-0.05, 0) is 59.5 Å². The maximum Gasteiger partial charge on any atom is 0.128 e. The summed E-state index contributed by atoms with van der Waals surface area (Å²) < 4.78 is 29.7. The molecular formula is C27H30Cl2F2N2S. The van der Waals surface area contributed by atoms with Crippen LogP contribution in [0.3, 0.4) is 0 Å². The predicted molar refractivity (Wildman–Crippen MR) is 143 cm³/mol. The minimum Gasteiger partial charge on any atom is -0.310 e. The van der Waals surface area contributed by atoms with Crippen LogP contribution in [-0.4, -0.2) is 29.8 Å². The number of nitrogens with zero attached hydrogens (tertiary/aromatic N) is 2. The molecule has 0 bridgehead atoms. The lowest BCUT2D eigenvalue weighted by Crippen LogP contribution is -2.58. The molecule has 2 nitrogen and oxygen atoms in total. The van der Waals surface area contributed by atoms with E-state index >= 15 is 0 Å². The zero-order chi connectivity index (χ0) is 24.7. The van der Waals surface area contributed by atoms with Crippen LogP contribution >= 0.6 is 35.1 Å². The first-order chi connectivity index (χ1) is 16.4. The molecule has 0 radical (unpaired) electrons. The number of hydrogen-bond acceptors (Lipinski definition) is 3. The van der Waals surface area contributed by atoms with Crippen molar-refractivity contribution in [3.8, 4) is 0 Å². The van der Waals surface area contributed by atoms with E-state index in [0.29, 0.717) is 15.7 Å². The summed E-state index contributed by atoms with van der Waals surface area (Å²) in [6.07, 6.45) is 1.25. The summed E-state index contributed by atoms with van der Waals surface area (Å²) in [5.41, 5.74) is 2.83. The average Bonchev–Trinajstić information content (AvgIpc) is 2.76. The lowest BCUT2D eigenvalue weighted by Gasteiger charge is -2.49. The van der Waals surface area contributed by atoms with Gasteiger partial charge in [0.25, 0.3) is 0 Å². The van der Waals surface area contributed by atoms with Crippen molar-refractivity contribution in [2.75, 3.05) is 23.1 Å². The second kappa shape index (κ2) is 12.8. The maximum absolute atomic E-state index is 13.8. The van der Waals surface area contributed by atoms with Crippen molar-refractivity contribution in [1.82, 2.24) is 4.90 Å². The van der Waals surface area contributed by atoms with Crippen molar-refractivity contribution >= 4 is 40.8 Å². The molecule has 34 heavy (non-hydrogen) atoms. The molecule has 1 aliphatic heterocycles. The molecule has 0 unspecified atom stereocenters. The summed E-state index contributed by atoms with van der Waals surface area (Å²) in [6, 6.07) is 19.6. The van der Waals surface area contributed by atoms with E-state index in [1.807, 2.05) is 59.8 Å². The molecule has 1 heterocycles. The van der Waals surface area contributed by atoms with E-state index in [0.717, 1.165) is 36.0 Å². The SMILES string of the molecule is CCC.CCSN(c1cc(F)cc(F)c1)C1CN(C(c2ccc(Cl)cc2)c2ccc(Cl)cc2)C1. The third-order valence-electron chi connectivity index (χ3n) is 5.33. The van der Waals surface area contributed by atoms with Gasteiger partial charge in [0.05, 0.1) is 17.8 Å². The molecule has 0 aliphatic carbocycles. The molecule has 0 atom stereocenters. The minimum atomic E-state index is -0.562. The summed E-state index contributed by atoms with van der Waals surface area (Å²) in [5, 5.41) is 1.39. The molecule has 1 aliphatic rings. The number of anilines is 1. The quantitative estimate of drug-likeness (QED) is 0.286.